The topological polar surface area (TPSA) is 67.2 Å². The van der Waals surface area contributed by atoms with Gasteiger partial charge < -0.3 is 15.0 Å². The number of carbonyl (C=O) groups excluding carboxylic acids is 1. The molecular weight excluding hydrogens is 297 g/mol. The van der Waals surface area contributed by atoms with E-state index in [2.05, 4.69) is 14.9 Å². The van der Waals surface area contributed by atoms with E-state index < -0.39 is 17.3 Å². The molecule has 0 bridgehead atoms. The van der Waals surface area contributed by atoms with Gasteiger partial charge in [0.25, 0.3) is 5.91 Å². The van der Waals surface area contributed by atoms with Crippen molar-refractivity contribution in [1.29, 1.82) is 0 Å². The van der Waals surface area contributed by atoms with Crippen LogP contribution < -0.4 is 5.32 Å². The lowest BCUT2D eigenvalue weighted by Crippen LogP contribution is -2.41. The maximum Gasteiger partial charge on any atom is 0.256 e. The first kappa shape index (κ1) is 15.7. The highest BCUT2D eigenvalue weighted by Gasteiger charge is 2.32. The average molecular weight is 317 g/mol. The minimum absolute atomic E-state index is 0.260. The first-order valence-electron chi connectivity index (χ1n) is 7.78. The van der Waals surface area contributed by atoms with Gasteiger partial charge in [-0.1, -0.05) is 12.1 Å². The predicted molar refractivity (Wildman–Crippen MR) is 83.0 cm³/mol. The molecule has 0 radical (unpaired) electrons. The van der Waals surface area contributed by atoms with E-state index in [1.54, 1.807) is 0 Å². The molecule has 1 aliphatic rings. The summed E-state index contributed by atoms with van der Waals surface area (Å²) in [6.45, 7) is 2.62. The lowest BCUT2D eigenvalue weighted by Gasteiger charge is -2.22. The molecule has 0 saturated carbocycles. The van der Waals surface area contributed by atoms with Gasteiger partial charge in [0.1, 0.15) is 11.6 Å². The van der Waals surface area contributed by atoms with Crippen molar-refractivity contribution in [1.82, 2.24) is 14.9 Å². The quantitative estimate of drug-likeness (QED) is 0.905. The SMILES string of the molecule is CC(O)(C(=O)NCc1cn2c(n1)CCCC2)c1ccc(F)cc1. The van der Waals surface area contributed by atoms with Gasteiger partial charge in [-0.3, -0.25) is 4.79 Å². The van der Waals surface area contributed by atoms with Gasteiger partial charge in [-0.25, -0.2) is 9.37 Å². The highest BCUT2D eigenvalue weighted by atomic mass is 19.1. The van der Waals surface area contributed by atoms with Crippen molar-refractivity contribution in [3.8, 4) is 0 Å². The molecule has 6 heteroatoms. The zero-order valence-electron chi connectivity index (χ0n) is 13.1. The van der Waals surface area contributed by atoms with Gasteiger partial charge in [-0.15, -0.1) is 0 Å². The third-order valence-corrected chi connectivity index (χ3v) is 4.24. The van der Waals surface area contributed by atoms with Gasteiger partial charge in [0.2, 0.25) is 0 Å². The van der Waals surface area contributed by atoms with E-state index in [4.69, 9.17) is 0 Å². The van der Waals surface area contributed by atoms with Crippen LogP contribution in [-0.2, 0) is 29.9 Å². The van der Waals surface area contributed by atoms with Crippen LogP contribution in [0.15, 0.2) is 30.5 Å². The fourth-order valence-corrected chi connectivity index (χ4v) is 2.81. The largest absolute Gasteiger partial charge is 0.376 e. The van der Waals surface area contributed by atoms with E-state index in [0.29, 0.717) is 5.56 Å². The van der Waals surface area contributed by atoms with Crippen LogP contribution in [0.1, 0.15) is 36.8 Å². The summed E-state index contributed by atoms with van der Waals surface area (Å²) in [5.41, 5.74) is -0.585. The Morgan fingerprint density at radius 3 is 2.83 bits per heavy atom. The second kappa shape index (κ2) is 6.12. The zero-order valence-corrected chi connectivity index (χ0v) is 13.1. The summed E-state index contributed by atoms with van der Waals surface area (Å²) in [4.78, 5) is 16.8. The first-order valence-corrected chi connectivity index (χ1v) is 7.78. The number of imidazole rings is 1. The normalized spacial score (nSPS) is 16.5. The number of hydrogen-bond acceptors (Lipinski definition) is 3. The minimum Gasteiger partial charge on any atom is -0.376 e. The summed E-state index contributed by atoms with van der Waals surface area (Å²) < 4.78 is 15.1. The Balaban J connectivity index is 1.66. The Morgan fingerprint density at radius 2 is 2.13 bits per heavy atom. The van der Waals surface area contributed by atoms with E-state index in [0.717, 1.165) is 37.3 Å². The molecule has 5 nitrogen and oxygen atoms in total. The first-order chi connectivity index (χ1) is 11.0. The summed E-state index contributed by atoms with van der Waals surface area (Å²) in [6, 6.07) is 5.26. The molecule has 1 amide bonds. The van der Waals surface area contributed by atoms with Crippen LogP contribution >= 0.6 is 0 Å². The van der Waals surface area contributed by atoms with Crippen molar-refractivity contribution in [3.63, 3.8) is 0 Å². The van der Waals surface area contributed by atoms with Gasteiger partial charge >= 0.3 is 0 Å². The molecule has 0 spiro atoms. The lowest BCUT2D eigenvalue weighted by atomic mass is 9.95. The van der Waals surface area contributed by atoms with Crippen molar-refractivity contribution in [2.24, 2.45) is 0 Å². The van der Waals surface area contributed by atoms with E-state index >= 15 is 0 Å². The van der Waals surface area contributed by atoms with E-state index in [-0.39, 0.29) is 6.54 Å². The number of halogens is 1. The Bertz CT molecular complexity index is 684. The van der Waals surface area contributed by atoms with Crippen LogP contribution in [0.4, 0.5) is 4.39 Å². The molecule has 2 aromatic rings. The van der Waals surface area contributed by atoms with Crippen molar-refractivity contribution < 1.29 is 14.3 Å². The molecule has 2 heterocycles. The number of carbonyl (C=O) groups is 1. The fraction of sp³-hybridized carbons (Fsp3) is 0.412. The minimum atomic E-state index is -1.72. The Hall–Kier alpha value is -2.21. The lowest BCUT2D eigenvalue weighted by molar-refractivity contribution is -0.139. The third kappa shape index (κ3) is 3.27. The number of aliphatic hydroxyl groups is 1. The fourth-order valence-electron chi connectivity index (χ4n) is 2.81. The number of aromatic nitrogens is 2. The molecule has 0 fully saturated rings. The second-order valence-corrected chi connectivity index (χ2v) is 6.06. The molecule has 122 valence electrons. The number of nitrogens with one attached hydrogen (secondary N) is 1. The van der Waals surface area contributed by atoms with E-state index in [1.807, 2.05) is 6.20 Å². The molecule has 0 aliphatic carbocycles. The maximum atomic E-state index is 13.0. The average Bonchev–Trinajstić information content (AvgIpc) is 2.95. The highest BCUT2D eigenvalue weighted by Crippen LogP contribution is 2.21. The van der Waals surface area contributed by atoms with Crippen molar-refractivity contribution in [3.05, 3.63) is 53.4 Å². The van der Waals surface area contributed by atoms with Crippen LogP contribution in [0, 0.1) is 5.82 Å². The zero-order chi connectivity index (χ0) is 16.4. The summed E-state index contributed by atoms with van der Waals surface area (Å²) >= 11 is 0. The van der Waals surface area contributed by atoms with Crippen molar-refractivity contribution >= 4 is 5.91 Å². The molecule has 3 rings (SSSR count). The number of hydrogen-bond donors (Lipinski definition) is 2. The molecular formula is C17H20FN3O2. The molecule has 23 heavy (non-hydrogen) atoms. The molecule has 2 N–H and O–H groups in total. The Kier molecular flexibility index (Phi) is 4.17. The maximum absolute atomic E-state index is 13.0. The molecule has 1 atom stereocenters. The van der Waals surface area contributed by atoms with Gasteiger partial charge in [0.15, 0.2) is 5.60 Å². The number of benzene rings is 1. The highest BCUT2D eigenvalue weighted by molar-refractivity contribution is 5.85. The van der Waals surface area contributed by atoms with Gasteiger partial charge in [0, 0.05) is 19.2 Å². The molecule has 0 saturated heterocycles. The van der Waals surface area contributed by atoms with Crippen LogP contribution in [0.3, 0.4) is 0 Å². The smallest absolute Gasteiger partial charge is 0.256 e. The van der Waals surface area contributed by atoms with Crippen LogP contribution in [0.25, 0.3) is 0 Å². The summed E-state index contributed by atoms with van der Waals surface area (Å²) in [5.74, 6) is 0.106. The standard InChI is InChI=1S/C17H20FN3O2/c1-17(23,12-5-7-13(18)8-6-12)16(22)19-10-14-11-21-9-3-2-4-15(21)20-14/h5-8,11,23H,2-4,9-10H2,1H3,(H,19,22). The van der Waals surface area contributed by atoms with Gasteiger partial charge in [-0.2, -0.15) is 0 Å². The van der Waals surface area contributed by atoms with Crippen molar-refractivity contribution in [2.75, 3.05) is 0 Å². The molecule has 1 aromatic heterocycles. The van der Waals surface area contributed by atoms with E-state index in [9.17, 15) is 14.3 Å². The molecule has 1 aromatic carbocycles. The number of aryl methyl sites for hydroxylation is 2. The number of amides is 1. The molecule has 1 unspecified atom stereocenters. The predicted octanol–water partition coefficient (Wildman–Crippen LogP) is 1.88. The van der Waals surface area contributed by atoms with Crippen LogP contribution in [0.5, 0.6) is 0 Å². The number of rotatable bonds is 4. The number of nitrogens with zero attached hydrogens (tertiary/aromatic N) is 2. The summed E-state index contributed by atoms with van der Waals surface area (Å²) in [7, 11) is 0. The Labute approximate surface area is 134 Å². The monoisotopic (exact) mass is 317 g/mol. The number of fused-ring (bicyclic) bond motifs is 1. The van der Waals surface area contributed by atoms with Crippen LogP contribution in [-0.4, -0.2) is 20.6 Å². The summed E-state index contributed by atoms with van der Waals surface area (Å²) in [5, 5.41) is 13.1. The Morgan fingerprint density at radius 1 is 1.39 bits per heavy atom. The van der Waals surface area contributed by atoms with Crippen LogP contribution in [0.2, 0.25) is 0 Å². The van der Waals surface area contributed by atoms with Gasteiger partial charge in [-0.05, 0) is 37.5 Å². The third-order valence-electron chi connectivity index (χ3n) is 4.24. The van der Waals surface area contributed by atoms with Crippen molar-refractivity contribution in [2.45, 2.75) is 44.9 Å². The second-order valence-electron chi connectivity index (χ2n) is 6.06. The molecule has 1 aliphatic heterocycles. The van der Waals surface area contributed by atoms with Gasteiger partial charge in [0.05, 0.1) is 12.2 Å². The van der Waals surface area contributed by atoms with E-state index in [1.165, 1.54) is 31.2 Å². The summed E-state index contributed by atoms with van der Waals surface area (Å²) in [6.07, 6.45) is 5.19.